The first kappa shape index (κ1) is 11.6. The van der Waals surface area contributed by atoms with Crippen LogP contribution in [0.25, 0.3) is 0 Å². The van der Waals surface area contributed by atoms with Crippen molar-refractivity contribution in [3.05, 3.63) is 22.2 Å². The van der Waals surface area contributed by atoms with E-state index in [1.54, 1.807) is 0 Å². The predicted octanol–water partition coefficient (Wildman–Crippen LogP) is 2.69. The molecule has 1 aliphatic rings. The number of ether oxygens (including phenoxy) is 2. The fourth-order valence-electron chi connectivity index (χ4n) is 2.08. The number of hydrogen-bond donors (Lipinski definition) is 1. The number of nitrogens with two attached hydrogens (primary N) is 1. The van der Waals surface area contributed by atoms with Gasteiger partial charge in [-0.1, -0.05) is 25.4 Å². The molecule has 0 bridgehead atoms. The van der Waals surface area contributed by atoms with Gasteiger partial charge in [0.1, 0.15) is 0 Å². The summed E-state index contributed by atoms with van der Waals surface area (Å²) in [6.07, 6.45) is 0.767. The largest absolute Gasteiger partial charge is 0.454 e. The van der Waals surface area contributed by atoms with Gasteiger partial charge in [0.15, 0.2) is 11.5 Å². The van der Waals surface area contributed by atoms with Gasteiger partial charge < -0.3 is 15.2 Å². The van der Waals surface area contributed by atoms with Crippen molar-refractivity contribution in [2.75, 3.05) is 13.3 Å². The number of hydrogen-bond acceptors (Lipinski definition) is 3. The third-order valence-electron chi connectivity index (χ3n) is 2.73. The van der Waals surface area contributed by atoms with E-state index in [2.05, 4.69) is 13.8 Å². The zero-order valence-corrected chi connectivity index (χ0v) is 10.3. The van der Waals surface area contributed by atoms with E-state index < -0.39 is 0 Å². The van der Waals surface area contributed by atoms with Crippen LogP contribution in [-0.2, 0) is 6.42 Å². The number of rotatable bonds is 3. The van der Waals surface area contributed by atoms with Crippen LogP contribution >= 0.6 is 11.6 Å². The van der Waals surface area contributed by atoms with E-state index in [9.17, 15) is 0 Å². The molecule has 3 nitrogen and oxygen atoms in total. The smallest absolute Gasteiger partial charge is 0.231 e. The molecule has 0 aromatic heterocycles. The predicted molar refractivity (Wildman–Crippen MR) is 64.4 cm³/mol. The summed E-state index contributed by atoms with van der Waals surface area (Å²) >= 11 is 6.24. The van der Waals surface area contributed by atoms with Gasteiger partial charge in [0, 0.05) is 16.7 Å². The lowest BCUT2D eigenvalue weighted by molar-refractivity contribution is 0.173. The number of halogens is 1. The van der Waals surface area contributed by atoms with E-state index in [-0.39, 0.29) is 6.79 Å². The van der Waals surface area contributed by atoms with E-state index in [4.69, 9.17) is 26.8 Å². The average Bonchev–Trinajstić information content (AvgIpc) is 2.65. The zero-order chi connectivity index (χ0) is 11.7. The first-order chi connectivity index (χ1) is 7.65. The summed E-state index contributed by atoms with van der Waals surface area (Å²) in [6, 6.07) is 1.82. The Hall–Kier alpha value is -0.930. The van der Waals surface area contributed by atoms with Gasteiger partial charge in [-0.3, -0.25) is 0 Å². The molecule has 0 unspecified atom stereocenters. The molecule has 2 rings (SSSR count). The Morgan fingerprint density at radius 3 is 2.81 bits per heavy atom. The Labute approximate surface area is 100 Å². The van der Waals surface area contributed by atoms with Crippen molar-refractivity contribution < 1.29 is 9.47 Å². The van der Waals surface area contributed by atoms with Gasteiger partial charge in [-0.25, -0.2) is 0 Å². The second-order valence-electron chi connectivity index (χ2n) is 4.18. The average molecular weight is 242 g/mol. The molecule has 1 heterocycles. The maximum atomic E-state index is 6.24. The van der Waals surface area contributed by atoms with E-state index in [0.717, 1.165) is 34.1 Å². The minimum atomic E-state index is 0.275. The summed E-state index contributed by atoms with van der Waals surface area (Å²) < 4.78 is 10.9. The number of fused-ring (bicyclic) bond motifs is 1. The van der Waals surface area contributed by atoms with Gasteiger partial charge in [0.2, 0.25) is 6.79 Å². The molecule has 0 saturated carbocycles. The molecule has 0 atom stereocenters. The SMILES string of the molecule is CC(C)c1c(CCN)c(Cl)cc2c1OCO2. The Morgan fingerprint density at radius 2 is 2.19 bits per heavy atom. The maximum Gasteiger partial charge on any atom is 0.231 e. The van der Waals surface area contributed by atoms with Gasteiger partial charge in [-0.2, -0.15) is 0 Å². The lowest BCUT2D eigenvalue weighted by Gasteiger charge is -2.16. The molecule has 1 aromatic carbocycles. The summed E-state index contributed by atoms with van der Waals surface area (Å²) in [7, 11) is 0. The first-order valence-corrected chi connectivity index (χ1v) is 5.84. The van der Waals surface area contributed by atoms with Crippen LogP contribution < -0.4 is 15.2 Å². The highest BCUT2D eigenvalue weighted by Gasteiger charge is 2.24. The van der Waals surface area contributed by atoms with Crippen molar-refractivity contribution in [3.63, 3.8) is 0 Å². The van der Waals surface area contributed by atoms with Crippen molar-refractivity contribution in [1.82, 2.24) is 0 Å². The molecule has 88 valence electrons. The molecule has 4 heteroatoms. The molecular weight excluding hydrogens is 226 g/mol. The molecule has 0 saturated heterocycles. The molecule has 0 amide bonds. The van der Waals surface area contributed by atoms with E-state index in [1.807, 2.05) is 6.07 Å². The highest BCUT2D eigenvalue weighted by molar-refractivity contribution is 6.31. The Bertz CT molecular complexity index is 404. The topological polar surface area (TPSA) is 44.5 Å². The van der Waals surface area contributed by atoms with Crippen molar-refractivity contribution >= 4 is 11.6 Å². The van der Waals surface area contributed by atoms with Crippen LogP contribution in [0.2, 0.25) is 5.02 Å². The van der Waals surface area contributed by atoms with Crippen LogP contribution in [0, 0.1) is 0 Å². The highest BCUT2D eigenvalue weighted by Crippen LogP contribution is 2.44. The van der Waals surface area contributed by atoms with Crippen molar-refractivity contribution in [2.24, 2.45) is 5.73 Å². The van der Waals surface area contributed by atoms with Crippen LogP contribution in [0.5, 0.6) is 11.5 Å². The third kappa shape index (κ3) is 1.85. The summed E-state index contributed by atoms with van der Waals surface area (Å²) in [6.45, 7) is 5.10. The standard InChI is InChI=1S/C12H16ClNO2/c1-7(2)11-8(3-4-14)9(13)5-10-12(11)16-6-15-10/h5,7H,3-4,6,14H2,1-2H3. The highest BCUT2D eigenvalue weighted by atomic mass is 35.5. The molecule has 0 radical (unpaired) electrons. The summed E-state index contributed by atoms with van der Waals surface area (Å²) in [5.41, 5.74) is 7.83. The fourth-order valence-corrected chi connectivity index (χ4v) is 2.38. The van der Waals surface area contributed by atoms with Crippen molar-refractivity contribution in [1.29, 1.82) is 0 Å². The quantitative estimate of drug-likeness (QED) is 0.885. The van der Waals surface area contributed by atoms with Crippen LogP contribution in [0.4, 0.5) is 0 Å². The molecule has 1 aromatic rings. The van der Waals surface area contributed by atoms with Crippen LogP contribution in [0.15, 0.2) is 6.07 Å². The third-order valence-corrected chi connectivity index (χ3v) is 3.07. The first-order valence-electron chi connectivity index (χ1n) is 5.46. The minimum absolute atomic E-state index is 0.275. The molecule has 0 spiro atoms. The molecular formula is C12H16ClNO2. The van der Waals surface area contributed by atoms with E-state index in [1.165, 1.54) is 0 Å². The van der Waals surface area contributed by atoms with Crippen LogP contribution in [-0.4, -0.2) is 13.3 Å². The Kier molecular flexibility index (Phi) is 3.26. The molecule has 1 aliphatic heterocycles. The monoisotopic (exact) mass is 241 g/mol. The van der Waals surface area contributed by atoms with E-state index >= 15 is 0 Å². The Morgan fingerprint density at radius 1 is 1.44 bits per heavy atom. The summed E-state index contributed by atoms with van der Waals surface area (Å²) in [5, 5.41) is 0.721. The van der Waals surface area contributed by atoms with Crippen molar-refractivity contribution in [2.45, 2.75) is 26.2 Å². The van der Waals surface area contributed by atoms with Crippen molar-refractivity contribution in [3.8, 4) is 11.5 Å². The fraction of sp³-hybridized carbons (Fsp3) is 0.500. The van der Waals surface area contributed by atoms with Gasteiger partial charge in [-0.05, 0) is 24.4 Å². The van der Waals surface area contributed by atoms with Gasteiger partial charge in [-0.15, -0.1) is 0 Å². The van der Waals surface area contributed by atoms with Crippen LogP contribution in [0.3, 0.4) is 0 Å². The normalized spacial score (nSPS) is 13.6. The van der Waals surface area contributed by atoms with Gasteiger partial charge >= 0.3 is 0 Å². The van der Waals surface area contributed by atoms with Gasteiger partial charge in [0.05, 0.1) is 0 Å². The lowest BCUT2D eigenvalue weighted by atomic mass is 9.93. The molecule has 0 fully saturated rings. The zero-order valence-electron chi connectivity index (χ0n) is 9.55. The molecule has 0 aliphatic carbocycles. The summed E-state index contributed by atoms with van der Waals surface area (Å²) in [4.78, 5) is 0. The van der Waals surface area contributed by atoms with Crippen LogP contribution in [0.1, 0.15) is 30.9 Å². The summed E-state index contributed by atoms with van der Waals surface area (Å²) in [5.74, 6) is 1.92. The minimum Gasteiger partial charge on any atom is -0.454 e. The molecule has 16 heavy (non-hydrogen) atoms. The van der Waals surface area contributed by atoms with Gasteiger partial charge in [0.25, 0.3) is 0 Å². The maximum absolute atomic E-state index is 6.24. The second-order valence-corrected chi connectivity index (χ2v) is 4.58. The molecule has 2 N–H and O–H groups in total. The Balaban J connectivity index is 2.59. The second kappa shape index (κ2) is 4.52. The number of benzene rings is 1. The lowest BCUT2D eigenvalue weighted by Crippen LogP contribution is -2.07. The van der Waals surface area contributed by atoms with E-state index in [0.29, 0.717) is 12.5 Å².